The third-order valence-electron chi connectivity index (χ3n) is 6.60. The molecule has 0 aromatic heterocycles. The molecule has 2 aromatic rings. The van der Waals surface area contributed by atoms with Crippen LogP contribution in [-0.4, -0.2) is 46.8 Å². The van der Waals surface area contributed by atoms with Crippen LogP contribution in [0.3, 0.4) is 0 Å². The van der Waals surface area contributed by atoms with E-state index in [0.29, 0.717) is 25.3 Å². The van der Waals surface area contributed by atoms with Crippen LogP contribution in [-0.2, 0) is 17.8 Å². The third-order valence-corrected chi connectivity index (χ3v) is 6.80. The van der Waals surface area contributed by atoms with Crippen LogP contribution in [0.5, 0.6) is 5.75 Å². The molecule has 0 unspecified atom stereocenters. The predicted octanol–water partition coefficient (Wildman–Crippen LogP) is 5.39. The van der Waals surface area contributed by atoms with Gasteiger partial charge in [-0.2, -0.15) is 0 Å². The van der Waals surface area contributed by atoms with Gasteiger partial charge in [-0.25, -0.2) is 0 Å². The second-order valence-corrected chi connectivity index (χ2v) is 9.94. The highest BCUT2D eigenvalue weighted by Crippen LogP contribution is 2.35. The molecule has 34 heavy (non-hydrogen) atoms. The Morgan fingerprint density at radius 1 is 1.24 bits per heavy atom. The number of rotatable bonds is 9. The summed E-state index contributed by atoms with van der Waals surface area (Å²) in [5.41, 5.74) is 7.71. The van der Waals surface area contributed by atoms with Gasteiger partial charge in [-0.1, -0.05) is 29.3 Å². The number of carboxylic acid groups (broad SMARTS) is 1. The SMILES string of the molecule is CC1=C(CN2CC(C(=O)O)C2)CCc2cc(OCc3ccc(NC(C)C)c(C(=N)Cl)c3)ccc21. The molecule has 6 nitrogen and oxygen atoms in total. The summed E-state index contributed by atoms with van der Waals surface area (Å²) < 4.78 is 6.09. The summed E-state index contributed by atoms with van der Waals surface area (Å²) in [7, 11) is 0. The zero-order valence-electron chi connectivity index (χ0n) is 20.0. The first kappa shape index (κ1) is 24.3. The molecule has 180 valence electrons. The van der Waals surface area contributed by atoms with E-state index >= 15 is 0 Å². The van der Waals surface area contributed by atoms with Crippen molar-refractivity contribution in [2.24, 2.45) is 5.92 Å². The van der Waals surface area contributed by atoms with Crippen molar-refractivity contribution in [2.45, 2.75) is 46.3 Å². The molecule has 1 aliphatic heterocycles. The quantitative estimate of drug-likeness (QED) is 0.418. The number of carbonyl (C=O) groups is 1. The topological polar surface area (TPSA) is 85.7 Å². The van der Waals surface area contributed by atoms with Gasteiger partial charge < -0.3 is 15.2 Å². The fourth-order valence-electron chi connectivity index (χ4n) is 4.69. The van der Waals surface area contributed by atoms with Gasteiger partial charge in [0.05, 0.1) is 5.92 Å². The van der Waals surface area contributed by atoms with Crippen LogP contribution in [0.4, 0.5) is 5.69 Å². The van der Waals surface area contributed by atoms with Crippen molar-refractivity contribution in [1.29, 1.82) is 5.41 Å². The molecule has 7 heteroatoms. The molecule has 0 radical (unpaired) electrons. The molecule has 0 spiro atoms. The standard InChI is InChI=1S/C27H32ClN3O3/c1-16(2)30-25-9-4-18(10-24(25)26(28)29)15-34-22-7-8-23-17(3)20(6-5-19(23)11-22)12-31-13-21(14-31)27(32)33/h4,7-11,16,21,29-30H,5-6,12-15H2,1-3H3,(H,32,33). The van der Waals surface area contributed by atoms with Crippen LogP contribution >= 0.6 is 11.6 Å². The van der Waals surface area contributed by atoms with Crippen LogP contribution in [0.2, 0.25) is 0 Å². The number of nitrogens with one attached hydrogen (secondary N) is 2. The molecule has 1 aliphatic carbocycles. The van der Waals surface area contributed by atoms with E-state index < -0.39 is 5.97 Å². The summed E-state index contributed by atoms with van der Waals surface area (Å²) in [4.78, 5) is 13.3. The lowest BCUT2D eigenvalue weighted by atomic mass is 9.85. The first-order chi connectivity index (χ1) is 16.2. The smallest absolute Gasteiger partial charge is 0.309 e. The van der Waals surface area contributed by atoms with Gasteiger partial charge in [0.25, 0.3) is 0 Å². The second-order valence-electron chi connectivity index (χ2n) is 9.56. The summed E-state index contributed by atoms with van der Waals surface area (Å²) in [5, 5.41) is 20.3. The van der Waals surface area contributed by atoms with E-state index in [9.17, 15) is 4.79 Å². The minimum absolute atomic E-state index is 0.00792. The molecule has 2 aliphatic rings. The van der Waals surface area contributed by atoms with Crippen molar-refractivity contribution < 1.29 is 14.6 Å². The lowest BCUT2D eigenvalue weighted by molar-refractivity contribution is -0.147. The fourth-order valence-corrected chi connectivity index (χ4v) is 4.84. The van der Waals surface area contributed by atoms with E-state index in [4.69, 9.17) is 26.9 Å². The van der Waals surface area contributed by atoms with Crippen LogP contribution in [0, 0.1) is 11.3 Å². The van der Waals surface area contributed by atoms with Crippen molar-refractivity contribution >= 4 is 34.0 Å². The maximum Gasteiger partial charge on any atom is 0.309 e. The first-order valence-electron chi connectivity index (χ1n) is 11.7. The van der Waals surface area contributed by atoms with E-state index in [2.05, 4.69) is 29.3 Å². The van der Waals surface area contributed by atoms with E-state index in [1.165, 1.54) is 22.3 Å². The minimum atomic E-state index is -0.691. The zero-order valence-corrected chi connectivity index (χ0v) is 20.7. The minimum Gasteiger partial charge on any atom is -0.489 e. The van der Waals surface area contributed by atoms with Crippen LogP contribution in [0.15, 0.2) is 42.0 Å². The molecule has 3 N–H and O–H groups in total. The molecule has 1 saturated heterocycles. The Morgan fingerprint density at radius 2 is 2.00 bits per heavy atom. The van der Waals surface area contributed by atoms with Gasteiger partial charge in [0.15, 0.2) is 0 Å². The van der Waals surface area contributed by atoms with Crippen molar-refractivity contribution in [3.63, 3.8) is 0 Å². The fraction of sp³-hybridized carbons (Fsp3) is 0.407. The van der Waals surface area contributed by atoms with Gasteiger partial charge in [-0.3, -0.25) is 15.1 Å². The molecule has 0 amide bonds. The maximum atomic E-state index is 11.1. The van der Waals surface area contributed by atoms with Gasteiger partial charge >= 0.3 is 5.97 Å². The molecule has 2 aromatic carbocycles. The van der Waals surface area contributed by atoms with E-state index in [-0.39, 0.29) is 17.1 Å². The third kappa shape index (κ3) is 5.45. The maximum absolute atomic E-state index is 11.1. The summed E-state index contributed by atoms with van der Waals surface area (Å²) >= 11 is 6.02. The zero-order chi connectivity index (χ0) is 24.4. The summed E-state index contributed by atoms with van der Waals surface area (Å²) in [6.07, 6.45) is 1.95. The number of hydrogen-bond acceptors (Lipinski definition) is 5. The number of benzene rings is 2. The molecule has 4 rings (SSSR count). The molecule has 0 bridgehead atoms. The normalized spacial score (nSPS) is 16.3. The first-order valence-corrected chi connectivity index (χ1v) is 12.1. The number of hydrogen-bond donors (Lipinski definition) is 3. The van der Waals surface area contributed by atoms with Gasteiger partial charge in [0.1, 0.15) is 17.5 Å². The Morgan fingerprint density at radius 3 is 2.68 bits per heavy atom. The van der Waals surface area contributed by atoms with Gasteiger partial charge in [0, 0.05) is 36.9 Å². The lowest BCUT2D eigenvalue weighted by Gasteiger charge is -2.38. The molecule has 0 saturated carbocycles. The van der Waals surface area contributed by atoms with Gasteiger partial charge in [0.2, 0.25) is 0 Å². The number of carboxylic acids is 1. The molecular weight excluding hydrogens is 450 g/mol. The second kappa shape index (κ2) is 10.2. The number of aliphatic carboxylic acids is 1. The van der Waals surface area contributed by atoms with Crippen LogP contribution in [0.25, 0.3) is 5.57 Å². The van der Waals surface area contributed by atoms with E-state index in [1.807, 2.05) is 38.1 Å². The van der Waals surface area contributed by atoms with Crippen molar-refractivity contribution in [3.8, 4) is 5.75 Å². The van der Waals surface area contributed by atoms with E-state index in [0.717, 1.165) is 36.4 Å². The van der Waals surface area contributed by atoms with Crippen LogP contribution < -0.4 is 10.1 Å². The Labute approximate surface area is 206 Å². The summed E-state index contributed by atoms with van der Waals surface area (Å²) in [5.74, 6) is -0.0806. The van der Waals surface area contributed by atoms with Crippen molar-refractivity contribution in [2.75, 3.05) is 25.0 Å². The number of halogens is 1. The average Bonchev–Trinajstić information content (AvgIpc) is 2.75. The molecule has 0 atom stereocenters. The Kier molecular flexibility index (Phi) is 7.29. The lowest BCUT2D eigenvalue weighted by Crippen LogP contribution is -2.50. The number of allylic oxidation sites excluding steroid dienone is 1. The predicted molar refractivity (Wildman–Crippen MR) is 137 cm³/mol. The number of ether oxygens (including phenoxy) is 1. The molecule has 1 fully saturated rings. The van der Waals surface area contributed by atoms with Crippen molar-refractivity contribution in [3.05, 3.63) is 64.2 Å². The Bertz CT molecular complexity index is 1140. The van der Waals surface area contributed by atoms with Gasteiger partial charge in [-0.15, -0.1) is 0 Å². The highest BCUT2D eigenvalue weighted by molar-refractivity contribution is 6.69. The monoisotopic (exact) mass is 481 g/mol. The largest absolute Gasteiger partial charge is 0.489 e. The highest BCUT2D eigenvalue weighted by atomic mass is 35.5. The number of fused-ring (bicyclic) bond motifs is 1. The number of aryl methyl sites for hydroxylation is 1. The summed E-state index contributed by atoms with van der Waals surface area (Å²) in [6.45, 7) is 8.81. The number of nitrogens with zero attached hydrogens (tertiary/aromatic N) is 1. The van der Waals surface area contributed by atoms with Gasteiger partial charge in [-0.05, 0) is 80.1 Å². The van der Waals surface area contributed by atoms with E-state index in [1.54, 1.807) is 0 Å². The highest BCUT2D eigenvalue weighted by Gasteiger charge is 2.33. The average molecular weight is 482 g/mol. The molecule has 1 heterocycles. The van der Waals surface area contributed by atoms with Crippen molar-refractivity contribution in [1.82, 2.24) is 4.90 Å². The summed E-state index contributed by atoms with van der Waals surface area (Å²) in [6, 6.07) is 12.4. The number of likely N-dealkylation sites (tertiary alicyclic amines) is 1. The van der Waals surface area contributed by atoms with Crippen LogP contribution in [0.1, 0.15) is 49.4 Å². The molecular formula is C27H32ClN3O3. The Balaban J connectivity index is 1.41. The number of anilines is 1. The Hall–Kier alpha value is -2.83.